The van der Waals surface area contributed by atoms with Crippen molar-refractivity contribution in [3.8, 4) is 6.07 Å². The number of Topliss-reactive ketones (excluding diaryl/α,β-unsaturated/α-hetero) is 1. The van der Waals surface area contributed by atoms with Crippen molar-refractivity contribution in [1.29, 1.82) is 10.7 Å². The number of nitriles is 1. The summed E-state index contributed by atoms with van der Waals surface area (Å²) < 4.78 is 0. The lowest BCUT2D eigenvalue weighted by Gasteiger charge is -2.56. The van der Waals surface area contributed by atoms with E-state index in [9.17, 15) is 10.1 Å². The van der Waals surface area contributed by atoms with Crippen molar-refractivity contribution in [2.24, 2.45) is 29.1 Å². The van der Waals surface area contributed by atoms with Crippen LogP contribution < -0.4 is 0 Å². The fourth-order valence-corrected chi connectivity index (χ4v) is 8.08. The molecule has 3 atom stereocenters. The molecule has 5 fully saturated rings. The Hall–Kier alpha value is -1.67. The second-order valence-corrected chi connectivity index (χ2v) is 10.1. The van der Waals surface area contributed by atoms with Gasteiger partial charge in [-0.2, -0.15) is 5.26 Å². The zero-order valence-electron chi connectivity index (χ0n) is 14.7. The number of carbonyl (C=O) groups excluding carboxylic acids is 1. The Labute approximate surface area is 158 Å². The van der Waals surface area contributed by atoms with Gasteiger partial charge in [-0.3, -0.25) is 15.2 Å². The van der Waals surface area contributed by atoms with Crippen molar-refractivity contribution < 1.29 is 4.79 Å². The number of nitrogens with one attached hydrogen (secondary N) is 1. The van der Waals surface area contributed by atoms with E-state index in [0.29, 0.717) is 10.8 Å². The van der Waals surface area contributed by atoms with Crippen LogP contribution in [0.3, 0.4) is 0 Å². The Morgan fingerprint density at radius 2 is 1.73 bits per heavy atom. The SMILES string of the molecule is N#CC1C(=N)S[C@H](C(=O)C23CC4CC(CC(C4)C2)C3)[C@H]1c1ccncc1. The number of pyridine rings is 1. The number of aromatic nitrogens is 1. The van der Waals surface area contributed by atoms with Crippen LogP contribution in [0.4, 0.5) is 0 Å². The van der Waals surface area contributed by atoms with Gasteiger partial charge in [-0.25, -0.2) is 0 Å². The molecule has 0 spiro atoms. The Morgan fingerprint density at radius 1 is 1.15 bits per heavy atom. The van der Waals surface area contributed by atoms with Crippen LogP contribution in [0.2, 0.25) is 0 Å². The van der Waals surface area contributed by atoms with Crippen molar-refractivity contribution in [3.05, 3.63) is 30.1 Å². The quantitative estimate of drug-likeness (QED) is 0.871. The van der Waals surface area contributed by atoms with Crippen LogP contribution in [0.25, 0.3) is 0 Å². The van der Waals surface area contributed by atoms with E-state index in [2.05, 4.69) is 11.1 Å². The highest BCUT2D eigenvalue weighted by Crippen LogP contribution is 2.62. The predicted octanol–water partition coefficient (Wildman–Crippen LogP) is 4.18. The van der Waals surface area contributed by atoms with Crippen molar-refractivity contribution in [3.63, 3.8) is 0 Å². The fourth-order valence-electron chi connectivity index (χ4n) is 6.64. The summed E-state index contributed by atoms with van der Waals surface area (Å²) in [6, 6.07) is 6.12. The highest BCUT2D eigenvalue weighted by Gasteiger charge is 2.58. The van der Waals surface area contributed by atoms with Crippen LogP contribution in [0.1, 0.15) is 50.0 Å². The summed E-state index contributed by atoms with van der Waals surface area (Å²) >= 11 is 1.35. The van der Waals surface area contributed by atoms with Crippen LogP contribution >= 0.6 is 11.8 Å². The van der Waals surface area contributed by atoms with Gasteiger partial charge in [0.25, 0.3) is 0 Å². The van der Waals surface area contributed by atoms with Crippen LogP contribution in [0, 0.1) is 45.8 Å². The molecule has 1 aromatic rings. The molecule has 1 aromatic heterocycles. The lowest BCUT2D eigenvalue weighted by molar-refractivity contribution is -0.143. The minimum absolute atomic E-state index is 0.178. The second-order valence-electron chi connectivity index (χ2n) is 8.88. The normalized spacial score (nSPS) is 43.4. The Morgan fingerprint density at radius 3 is 2.27 bits per heavy atom. The molecule has 0 aromatic carbocycles. The largest absolute Gasteiger partial charge is 0.298 e. The van der Waals surface area contributed by atoms with E-state index in [1.54, 1.807) is 12.4 Å². The molecule has 26 heavy (non-hydrogen) atoms. The third-order valence-electron chi connectivity index (χ3n) is 7.27. The molecule has 1 aliphatic heterocycles. The van der Waals surface area contributed by atoms with Crippen LogP contribution in [-0.2, 0) is 4.79 Å². The third kappa shape index (κ3) is 2.38. The van der Waals surface area contributed by atoms with Crippen LogP contribution in [-0.4, -0.2) is 21.1 Å². The van der Waals surface area contributed by atoms with E-state index in [1.807, 2.05) is 12.1 Å². The van der Waals surface area contributed by atoms with Gasteiger partial charge < -0.3 is 0 Å². The lowest BCUT2D eigenvalue weighted by Crippen LogP contribution is -2.52. The molecule has 134 valence electrons. The van der Waals surface area contributed by atoms with E-state index in [1.165, 1.54) is 31.0 Å². The molecule has 2 heterocycles. The average molecular weight is 366 g/mol. The molecular weight excluding hydrogens is 342 g/mol. The van der Waals surface area contributed by atoms with Crippen LogP contribution in [0.5, 0.6) is 0 Å². The Balaban J connectivity index is 1.51. The van der Waals surface area contributed by atoms with Gasteiger partial charge in [0.1, 0.15) is 5.92 Å². The first-order chi connectivity index (χ1) is 12.6. The Kier molecular flexibility index (Phi) is 3.76. The lowest BCUT2D eigenvalue weighted by atomic mass is 9.48. The summed E-state index contributed by atoms with van der Waals surface area (Å²) in [5.74, 6) is 1.80. The standard InChI is InChI=1S/C21H23N3OS/c22-11-16-17(15-1-3-24-4-2-15)18(26-20(16)23)19(25)21-8-12-5-13(9-21)7-14(6-12)10-21/h1-4,12-14,16-18,23H,5-10H2/t12?,13?,14?,16?,17-,18-,21?/m0/s1. The van der Waals surface area contributed by atoms with Gasteiger partial charge in [0.2, 0.25) is 0 Å². The number of ketones is 1. The maximum absolute atomic E-state index is 13.8. The summed E-state index contributed by atoms with van der Waals surface area (Å²) in [6.07, 6.45) is 10.5. The average Bonchev–Trinajstić information content (AvgIpc) is 2.97. The molecule has 1 N–H and O–H groups in total. The van der Waals surface area contributed by atoms with Crippen LogP contribution in [0.15, 0.2) is 24.5 Å². The summed E-state index contributed by atoms with van der Waals surface area (Å²) in [5, 5.41) is 18.1. The summed E-state index contributed by atoms with van der Waals surface area (Å²) in [6.45, 7) is 0. The van der Waals surface area contributed by atoms with Gasteiger partial charge in [-0.15, -0.1) is 0 Å². The number of rotatable bonds is 3. The van der Waals surface area contributed by atoms with Gasteiger partial charge in [-0.1, -0.05) is 11.8 Å². The van der Waals surface area contributed by atoms with Gasteiger partial charge in [0.05, 0.1) is 16.4 Å². The number of nitrogens with zero attached hydrogens (tertiary/aromatic N) is 2. The minimum atomic E-state index is -0.509. The number of hydrogen-bond acceptors (Lipinski definition) is 5. The maximum Gasteiger partial charge on any atom is 0.153 e. The zero-order valence-corrected chi connectivity index (χ0v) is 15.5. The predicted molar refractivity (Wildman–Crippen MR) is 101 cm³/mol. The molecule has 0 amide bonds. The van der Waals surface area contributed by atoms with Gasteiger partial charge in [-0.05, 0) is 74.0 Å². The molecule has 1 saturated heterocycles. The molecule has 4 nitrogen and oxygen atoms in total. The first-order valence-corrected chi connectivity index (χ1v) is 10.6. The van der Waals surface area contributed by atoms with Crippen molar-refractivity contribution >= 4 is 22.6 Å². The molecular formula is C21H23N3OS. The maximum atomic E-state index is 13.8. The van der Waals surface area contributed by atoms with E-state index < -0.39 is 5.92 Å². The second kappa shape index (κ2) is 5.92. The first kappa shape index (κ1) is 16.5. The smallest absolute Gasteiger partial charge is 0.153 e. The van der Waals surface area contributed by atoms with E-state index in [-0.39, 0.29) is 16.6 Å². The van der Waals surface area contributed by atoms with E-state index >= 15 is 0 Å². The first-order valence-electron chi connectivity index (χ1n) is 9.68. The molecule has 4 bridgehead atoms. The minimum Gasteiger partial charge on any atom is -0.298 e. The molecule has 0 radical (unpaired) electrons. The number of hydrogen-bond donors (Lipinski definition) is 1. The van der Waals surface area contributed by atoms with Gasteiger partial charge in [0, 0.05) is 23.7 Å². The number of thioether (sulfide) groups is 1. The summed E-state index contributed by atoms with van der Waals surface area (Å²) in [4.78, 5) is 17.9. The van der Waals surface area contributed by atoms with Gasteiger partial charge in [0.15, 0.2) is 5.78 Å². The topological polar surface area (TPSA) is 77.6 Å². The number of carbonyl (C=O) groups is 1. The monoisotopic (exact) mass is 365 g/mol. The molecule has 5 aliphatic rings. The van der Waals surface area contributed by atoms with E-state index in [4.69, 9.17) is 5.41 Å². The summed E-state index contributed by atoms with van der Waals surface area (Å²) in [5.41, 5.74) is 0.798. The molecule has 6 rings (SSSR count). The third-order valence-corrected chi connectivity index (χ3v) is 8.54. The Bertz CT molecular complexity index is 764. The summed E-state index contributed by atoms with van der Waals surface area (Å²) in [7, 11) is 0. The van der Waals surface area contributed by atoms with E-state index in [0.717, 1.165) is 42.6 Å². The molecule has 5 heteroatoms. The van der Waals surface area contributed by atoms with Crippen molar-refractivity contribution in [1.82, 2.24) is 4.98 Å². The van der Waals surface area contributed by atoms with Crippen molar-refractivity contribution in [2.45, 2.75) is 49.7 Å². The molecule has 4 saturated carbocycles. The highest BCUT2D eigenvalue weighted by atomic mass is 32.2. The molecule has 4 aliphatic carbocycles. The zero-order chi connectivity index (χ0) is 17.9. The fraction of sp³-hybridized carbons (Fsp3) is 0.619. The molecule has 1 unspecified atom stereocenters. The van der Waals surface area contributed by atoms with Gasteiger partial charge >= 0.3 is 0 Å². The van der Waals surface area contributed by atoms with Crippen molar-refractivity contribution in [2.75, 3.05) is 0 Å². The highest BCUT2D eigenvalue weighted by molar-refractivity contribution is 8.15.